The van der Waals surface area contributed by atoms with Gasteiger partial charge in [0.2, 0.25) is 0 Å². The van der Waals surface area contributed by atoms with Gasteiger partial charge in [-0.2, -0.15) is 0 Å². The Labute approximate surface area is 171 Å². The van der Waals surface area contributed by atoms with Gasteiger partial charge in [0.1, 0.15) is 34.2 Å². The predicted molar refractivity (Wildman–Crippen MR) is 103 cm³/mol. The van der Waals surface area contributed by atoms with Gasteiger partial charge in [0, 0.05) is 11.6 Å². The quantitative estimate of drug-likeness (QED) is 0.501. The summed E-state index contributed by atoms with van der Waals surface area (Å²) >= 11 is 11.4. The predicted octanol–water partition coefficient (Wildman–Crippen LogP) is 6.39. The first-order valence-electron chi connectivity index (χ1n) is 8.60. The second-order valence-corrected chi connectivity index (χ2v) is 8.21. The molecule has 0 bridgehead atoms. The van der Waals surface area contributed by atoms with Crippen LogP contribution in [0.3, 0.4) is 0 Å². The summed E-state index contributed by atoms with van der Waals surface area (Å²) in [6, 6.07) is 9.63. The Morgan fingerprint density at radius 3 is 2.54 bits per heavy atom. The van der Waals surface area contributed by atoms with Gasteiger partial charge in [-0.3, -0.25) is 4.79 Å². The van der Waals surface area contributed by atoms with Gasteiger partial charge in [-0.15, -0.1) is 0 Å². The highest BCUT2D eigenvalue weighted by atomic mass is 35.5. The maximum Gasteiger partial charge on any atom is 0.310 e. The van der Waals surface area contributed by atoms with Crippen molar-refractivity contribution in [2.75, 3.05) is 0 Å². The Morgan fingerprint density at radius 2 is 1.86 bits per heavy atom. The molecule has 0 spiro atoms. The highest BCUT2D eigenvalue weighted by molar-refractivity contribution is 6.55. The maximum atomic E-state index is 14.1. The molecule has 1 aliphatic carbocycles. The third kappa shape index (κ3) is 4.65. The van der Waals surface area contributed by atoms with Gasteiger partial charge in [-0.05, 0) is 47.7 Å². The number of hydrogen-bond donors (Lipinski definition) is 0. The monoisotopic (exact) mass is 426 g/mol. The fourth-order valence-corrected chi connectivity index (χ4v) is 3.48. The van der Waals surface area contributed by atoms with Crippen molar-refractivity contribution in [3.63, 3.8) is 0 Å². The van der Waals surface area contributed by atoms with E-state index in [1.54, 1.807) is 12.1 Å². The lowest BCUT2D eigenvalue weighted by molar-refractivity contribution is -0.147. The first-order chi connectivity index (χ1) is 13.2. The van der Waals surface area contributed by atoms with Gasteiger partial charge in [0.05, 0.1) is 5.92 Å². The Kier molecular flexibility index (Phi) is 5.96. The van der Waals surface area contributed by atoms with E-state index in [4.69, 9.17) is 32.7 Å². The summed E-state index contributed by atoms with van der Waals surface area (Å²) in [6.07, 6.45) is 1.61. The van der Waals surface area contributed by atoms with Crippen LogP contribution in [0.5, 0.6) is 11.5 Å². The van der Waals surface area contributed by atoms with Crippen LogP contribution in [-0.2, 0) is 16.1 Å². The number of benzene rings is 2. The smallest absolute Gasteiger partial charge is 0.310 e. The van der Waals surface area contributed by atoms with E-state index in [1.165, 1.54) is 36.4 Å². The maximum absolute atomic E-state index is 14.1. The van der Waals surface area contributed by atoms with Crippen LogP contribution in [0, 0.1) is 28.9 Å². The minimum absolute atomic E-state index is 0.0987. The molecule has 0 amide bonds. The highest BCUT2D eigenvalue weighted by Crippen LogP contribution is 2.60. The van der Waals surface area contributed by atoms with Gasteiger partial charge < -0.3 is 9.47 Å². The molecule has 2 atom stereocenters. The van der Waals surface area contributed by atoms with E-state index >= 15 is 0 Å². The molecule has 2 aromatic carbocycles. The van der Waals surface area contributed by atoms with Crippen LogP contribution in [0.2, 0.25) is 0 Å². The van der Waals surface area contributed by atoms with Crippen LogP contribution >= 0.6 is 23.2 Å². The van der Waals surface area contributed by atoms with E-state index < -0.39 is 23.5 Å². The molecule has 0 N–H and O–H groups in total. The average molecular weight is 427 g/mol. The van der Waals surface area contributed by atoms with Crippen LogP contribution in [0.15, 0.2) is 53.0 Å². The molecule has 3 rings (SSSR count). The van der Waals surface area contributed by atoms with Crippen LogP contribution in [-0.4, -0.2) is 5.97 Å². The largest absolute Gasteiger partial charge is 0.460 e. The molecule has 1 saturated carbocycles. The van der Waals surface area contributed by atoms with Crippen molar-refractivity contribution in [2.45, 2.75) is 20.5 Å². The zero-order chi connectivity index (χ0) is 20.5. The zero-order valence-corrected chi connectivity index (χ0v) is 16.7. The Hall–Kier alpha value is -2.11. The summed E-state index contributed by atoms with van der Waals surface area (Å²) in [5, 5.41) is 0. The summed E-state index contributed by atoms with van der Waals surface area (Å²) in [7, 11) is 0. The summed E-state index contributed by atoms with van der Waals surface area (Å²) in [5.74, 6) is -1.36. The molecular weight excluding hydrogens is 409 g/mol. The van der Waals surface area contributed by atoms with Crippen molar-refractivity contribution in [3.8, 4) is 11.5 Å². The molecule has 0 aromatic heterocycles. The topological polar surface area (TPSA) is 35.5 Å². The van der Waals surface area contributed by atoms with Crippen molar-refractivity contribution in [1.29, 1.82) is 0 Å². The summed E-state index contributed by atoms with van der Waals surface area (Å²) in [6.45, 7) is 3.57. The summed E-state index contributed by atoms with van der Waals surface area (Å²) < 4.78 is 38.3. The first kappa shape index (κ1) is 20.6. The van der Waals surface area contributed by atoms with E-state index in [-0.39, 0.29) is 33.7 Å². The standard InChI is InChI=1S/C21H18Cl2F2O3/c1-21(2)16(10-18(22)23)19(21)20(26)27-11-12-8-15(6-7-17(12)25)28-14-5-3-4-13(24)9-14/h3-10,16,19H,11H2,1-2H3. The Bertz CT molecular complexity index is 924. The van der Waals surface area contributed by atoms with E-state index in [0.717, 1.165) is 0 Å². The number of carbonyl (C=O) groups excluding carboxylic acids is 1. The van der Waals surface area contributed by atoms with Crippen molar-refractivity contribution in [2.24, 2.45) is 17.3 Å². The van der Waals surface area contributed by atoms with E-state index in [1.807, 2.05) is 13.8 Å². The molecule has 2 unspecified atom stereocenters. The van der Waals surface area contributed by atoms with Gasteiger partial charge in [0.15, 0.2) is 0 Å². The second-order valence-electron chi connectivity index (χ2n) is 7.20. The van der Waals surface area contributed by atoms with Crippen molar-refractivity contribution < 1.29 is 23.0 Å². The normalized spacial score (nSPS) is 19.6. The Balaban J connectivity index is 1.66. The molecule has 2 aromatic rings. The van der Waals surface area contributed by atoms with E-state index in [0.29, 0.717) is 5.75 Å². The molecule has 0 aliphatic heterocycles. The van der Waals surface area contributed by atoms with Crippen molar-refractivity contribution in [1.82, 2.24) is 0 Å². The van der Waals surface area contributed by atoms with Gasteiger partial charge in [-0.25, -0.2) is 8.78 Å². The summed E-state index contributed by atoms with van der Waals surface area (Å²) in [5.41, 5.74) is -0.171. The van der Waals surface area contributed by atoms with Crippen LogP contribution < -0.4 is 4.74 Å². The first-order valence-corrected chi connectivity index (χ1v) is 9.35. The fourth-order valence-electron chi connectivity index (χ4n) is 3.21. The lowest BCUT2D eigenvalue weighted by atomic mass is 10.1. The average Bonchev–Trinajstić information content (AvgIpc) is 3.14. The highest BCUT2D eigenvalue weighted by Gasteiger charge is 2.61. The third-order valence-corrected chi connectivity index (χ3v) is 5.14. The molecule has 1 aliphatic rings. The molecule has 0 saturated heterocycles. The number of rotatable bonds is 6. The number of carbonyl (C=O) groups is 1. The molecule has 148 valence electrons. The number of halogens is 4. The van der Waals surface area contributed by atoms with Crippen LogP contribution in [0.1, 0.15) is 19.4 Å². The number of esters is 1. The number of allylic oxidation sites excluding steroid dienone is 1. The molecule has 7 heteroatoms. The van der Waals surface area contributed by atoms with Crippen molar-refractivity contribution in [3.05, 3.63) is 70.2 Å². The fraction of sp³-hybridized carbons (Fsp3) is 0.286. The minimum atomic E-state index is -0.533. The number of ether oxygens (including phenoxy) is 2. The van der Waals surface area contributed by atoms with Gasteiger partial charge in [-0.1, -0.05) is 43.1 Å². The lowest BCUT2D eigenvalue weighted by Crippen LogP contribution is -2.11. The zero-order valence-electron chi connectivity index (χ0n) is 15.2. The van der Waals surface area contributed by atoms with Crippen LogP contribution in [0.25, 0.3) is 0 Å². The molecular formula is C21H18Cl2F2O3. The molecule has 28 heavy (non-hydrogen) atoms. The number of hydrogen-bond acceptors (Lipinski definition) is 3. The molecule has 0 heterocycles. The van der Waals surface area contributed by atoms with E-state index in [2.05, 4.69) is 0 Å². The lowest BCUT2D eigenvalue weighted by Gasteiger charge is -2.10. The van der Waals surface area contributed by atoms with E-state index in [9.17, 15) is 13.6 Å². The third-order valence-electron chi connectivity index (χ3n) is 4.89. The SMILES string of the molecule is CC1(C)C(C=C(Cl)Cl)C1C(=O)OCc1cc(Oc2cccc(F)c2)ccc1F. The summed E-state index contributed by atoms with van der Waals surface area (Å²) in [4.78, 5) is 12.4. The minimum Gasteiger partial charge on any atom is -0.460 e. The molecule has 1 fully saturated rings. The van der Waals surface area contributed by atoms with Crippen molar-refractivity contribution >= 4 is 29.2 Å². The molecule has 0 radical (unpaired) electrons. The second kappa shape index (κ2) is 8.10. The molecule has 3 nitrogen and oxygen atoms in total. The van der Waals surface area contributed by atoms with Crippen LogP contribution in [0.4, 0.5) is 8.78 Å². The Morgan fingerprint density at radius 1 is 1.14 bits per heavy atom. The van der Waals surface area contributed by atoms with Gasteiger partial charge in [0.25, 0.3) is 0 Å². The van der Waals surface area contributed by atoms with Gasteiger partial charge >= 0.3 is 5.97 Å².